The van der Waals surface area contributed by atoms with Gasteiger partial charge in [-0.15, -0.1) is 0 Å². The van der Waals surface area contributed by atoms with Crippen molar-refractivity contribution in [3.8, 4) is 0 Å². The summed E-state index contributed by atoms with van der Waals surface area (Å²) < 4.78 is 0. The van der Waals surface area contributed by atoms with Crippen LogP contribution < -0.4 is 11.5 Å². The van der Waals surface area contributed by atoms with Crippen LogP contribution >= 0.6 is 8.19 Å². The molecular weight excluding hydrogens is 119 g/mol. The van der Waals surface area contributed by atoms with Gasteiger partial charge in [-0.2, -0.15) is 0 Å². The predicted molar refractivity (Wildman–Crippen MR) is 37.8 cm³/mol. The van der Waals surface area contributed by atoms with Crippen molar-refractivity contribution in [1.82, 2.24) is 0 Å². The summed E-state index contributed by atoms with van der Waals surface area (Å²) in [5.74, 6) is 0. The lowest BCUT2D eigenvalue weighted by atomic mass is 10.5. The molecule has 1 aromatic heterocycles. The van der Waals surface area contributed by atoms with Crippen molar-refractivity contribution in [3.05, 3.63) is 18.2 Å². The molecule has 0 fully saturated rings. The van der Waals surface area contributed by atoms with Crippen molar-refractivity contribution in [2.45, 2.75) is 0 Å². The predicted octanol–water partition coefficient (Wildman–Crippen LogP) is 1.43. The van der Waals surface area contributed by atoms with E-state index in [0.29, 0.717) is 0 Å². The van der Waals surface area contributed by atoms with Gasteiger partial charge in [0, 0.05) is 0 Å². The smallest absolute Gasteiger partial charge is 0.0611 e. The summed E-state index contributed by atoms with van der Waals surface area (Å²) >= 11 is 0. The average molecular weight is 126 g/mol. The summed E-state index contributed by atoms with van der Waals surface area (Å²) in [4.78, 5) is 0. The molecule has 0 unspecified atom stereocenters. The highest BCUT2D eigenvalue weighted by atomic mass is 31.0. The largest absolute Gasteiger partial charge is 0.395 e. The normalized spacial score (nSPS) is 9.00. The molecule has 0 bridgehead atoms. The highest BCUT2D eigenvalue weighted by molar-refractivity contribution is 7.38. The van der Waals surface area contributed by atoms with Gasteiger partial charge in [0.15, 0.2) is 0 Å². The van der Waals surface area contributed by atoms with E-state index in [1.54, 1.807) is 0 Å². The van der Waals surface area contributed by atoms with E-state index in [2.05, 4.69) is 0 Å². The molecule has 8 heavy (non-hydrogen) atoms. The number of rotatable bonds is 0. The molecule has 2 nitrogen and oxygen atoms in total. The quantitative estimate of drug-likeness (QED) is 0.552. The van der Waals surface area contributed by atoms with Crippen molar-refractivity contribution in [2.75, 3.05) is 11.5 Å². The van der Waals surface area contributed by atoms with Crippen molar-refractivity contribution in [2.24, 2.45) is 0 Å². The summed E-state index contributed by atoms with van der Waals surface area (Å²) in [6.45, 7) is 0. The number of anilines is 2. The van der Waals surface area contributed by atoms with Crippen LogP contribution in [0.5, 0.6) is 0 Å². The van der Waals surface area contributed by atoms with E-state index in [9.17, 15) is 0 Å². The zero-order valence-electron chi connectivity index (χ0n) is 4.33. The second-order valence-electron chi connectivity index (χ2n) is 1.49. The first kappa shape index (κ1) is 5.39. The fraction of sp³-hybridized carbons (Fsp3) is 0. The molecule has 1 aromatic rings. The molecule has 0 saturated heterocycles. The molecule has 0 saturated carbocycles. The Labute approximate surface area is 49.6 Å². The summed E-state index contributed by atoms with van der Waals surface area (Å²) in [5, 5.41) is 0. The van der Waals surface area contributed by atoms with E-state index < -0.39 is 0 Å². The fourth-order valence-corrected chi connectivity index (χ4v) is 1.09. The van der Waals surface area contributed by atoms with Gasteiger partial charge < -0.3 is 11.5 Å². The highest BCUT2D eigenvalue weighted by Gasteiger charge is 1.82. The molecule has 0 aliphatic rings. The Bertz CT molecular complexity index is 170. The third-order valence-corrected chi connectivity index (χ3v) is 1.61. The molecule has 0 aliphatic heterocycles. The van der Waals surface area contributed by atoms with Crippen molar-refractivity contribution < 1.29 is 0 Å². The fourth-order valence-electron chi connectivity index (χ4n) is 0.469. The van der Waals surface area contributed by atoms with Gasteiger partial charge in [0.25, 0.3) is 0 Å². The Morgan fingerprint density at radius 2 is 1.62 bits per heavy atom. The van der Waals surface area contributed by atoms with Gasteiger partial charge in [0.2, 0.25) is 0 Å². The average Bonchev–Trinajstić information content (AvgIpc) is 1.64. The minimum Gasteiger partial charge on any atom is -0.395 e. The van der Waals surface area contributed by atoms with Gasteiger partial charge in [-0.25, -0.2) is 0 Å². The van der Waals surface area contributed by atoms with E-state index in [1.165, 1.54) is 0 Å². The van der Waals surface area contributed by atoms with Gasteiger partial charge in [-0.3, -0.25) is 0 Å². The Balaban J connectivity index is 3.08. The van der Waals surface area contributed by atoms with Crippen LogP contribution in [0.4, 0.5) is 10.8 Å². The second-order valence-corrected chi connectivity index (χ2v) is 2.74. The molecule has 0 radical (unpaired) electrons. The van der Waals surface area contributed by atoms with Crippen LogP contribution in [-0.2, 0) is 0 Å². The van der Waals surface area contributed by atoms with Crippen LogP contribution in [0.2, 0.25) is 0 Å². The maximum atomic E-state index is 5.42. The van der Waals surface area contributed by atoms with Gasteiger partial charge in [0.1, 0.15) is 0 Å². The van der Waals surface area contributed by atoms with E-state index in [4.69, 9.17) is 11.5 Å². The van der Waals surface area contributed by atoms with E-state index >= 15 is 0 Å². The Morgan fingerprint density at radius 1 is 1.12 bits per heavy atom. The molecule has 0 amide bonds. The standard InChI is InChI=1S/C5H7N2P/c6-4-2-1-3-5(7)8-4/h1-3H,6-7H2. The van der Waals surface area contributed by atoms with Crippen molar-refractivity contribution in [3.63, 3.8) is 0 Å². The van der Waals surface area contributed by atoms with Crippen LogP contribution in [-0.4, -0.2) is 0 Å². The van der Waals surface area contributed by atoms with Crippen LogP contribution in [0.3, 0.4) is 0 Å². The van der Waals surface area contributed by atoms with E-state index in [-0.39, 0.29) is 0 Å². The van der Waals surface area contributed by atoms with Crippen molar-refractivity contribution >= 4 is 19.0 Å². The third kappa shape index (κ3) is 1.11. The first-order valence-corrected chi connectivity index (χ1v) is 3.16. The van der Waals surface area contributed by atoms with Crippen molar-refractivity contribution in [1.29, 1.82) is 0 Å². The van der Waals surface area contributed by atoms with E-state index in [0.717, 1.165) is 19.0 Å². The first-order chi connectivity index (χ1) is 3.79. The van der Waals surface area contributed by atoms with Crippen LogP contribution in [0.1, 0.15) is 0 Å². The van der Waals surface area contributed by atoms with Crippen LogP contribution in [0.15, 0.2) is 18.2 Å². The first-order valence-electron chi connectivity index (χ1n) is 2.27. The monoisotopic (exact) mass is 126 g/mol. The Morgan fingerprint density at radius 3 is 1.88 bits per heavy atom. The molecular formula is C5H7N2P. The number of hydrogen-bond donors (Lipinski definition) is 2. The topological polar surface area (TPSA) is 52.0 Å². The number of nitrogen functional groups attached to an aromatic ring is 2. The van der Waals surface area contributed by atoms with Gasteiger partial charge in [-0.05, 0) is 20.3 Å². The van der Waals surface area contributed by atoms with E-state index in [1.807, 2.05) is 18.2 Å². The lowest BCUT2D eigenvalue weighted by molar-refractivity contribution is 1.82. The van der Waals surface area contributed by atoms with Gasteiger partial charge in [-0.1, -0.05) is 6.07 Å². The second kappa shape index (κ2) is 2.01. The molecule has 3 heteroatoms. The molecule has 1 rings (SSSR count). The zero-order valence-corrected chi connectivity index (χ0v) is 5.23. The number of hydrogen-bond acceptors (Lipinski definition) is 2. The Kier molecular flexibility index (Phi) is 1.36. The highest BCUT2D eigenvalue weighted by Crippen LogP contribution is 2.22. The minimum absolute atomic E-state index is 0.810. The number of nitrogens with two attached hydrogens (primary N) is 2. The SMILES string of the molecule is Nc1cccc(N)p1. The zero-order chi connectivity index (χ0) is 5.98. The lowest BCUT2D eigenvalue weighted by Crippen LogP contribution is -1.82. The maximum absolute atomic E-state index is 5.42. The van der Waals surface area contributed by atoms with Crippen LogP contribution in [0, 0.1) is 0 Å². The lowest BCUT2D eigenvalue weighted by Gasteiger charge is -1.90. The molecule has 4 N–H and O–H groups in total. The summed E-state index contributed by atoms with van der Waals surface area (Å²) in [7, 11) is 0.942. The third-order valence-electron chi connectivity index (χ3n) is 0.792. The van der Waals surface area contributed by atoms with Gasteiger partial charge >= 0.3 is 0 Å². The summed E-state index contributed by atoms with van der Waals surface area (Å²) in [6, 6.07) is 5.54. The van der Waals surface area contributed by atoms with Gasteiger partial charge in [0.05, 0.1) is 10.8 Å². The molecule has 1 heterocycles. The molecule has 0 aromatic carbocycles. The Hall–Kier alpha value is -0.750. The summed E-state index contributed by atoms with van der Waals surface area (Å²) in [6.07, 6.45) is 0. The molecule has 0 aliphatic carbocycles. The molecule has 42 valence electrons. The maximum Gasteiger partial charge on any atom is 0.0611 e. The van der Waals surface area contributed by atoms with Crippen LogP contribution in [0.25, 0.3) is 0 Å². The minimum atomic E-state index is 0.810. The molecule has 0 atom stereocenters. The molecule has 0 spiro atoms. The summed E-state index contributed by atoms with van der Waals surface area (Å²) in [5.41, 5.74) is 12.5.